The molecule has 2 atom stereocenters. The van der Waals surface area contributed by atoms with Gasteiger partial charge in [0.1, 0.15) is 12.1 Å². The van der Waals surface area contributed by atoms with E-state index in [1.54, 1.807) is 24.3 Å². The smallest absolute Gasteiger partial charge is 0.326 e. The number of aliphatic carboxylic acids is 1. The Labute approximate surface area is 134 Å². The molecule has 0 spiro atoms. The molecular weight excluding hydrogens is 300 g/mol. The van der Waals surface area contributed by atoms with E-state index in [9.17, 15) is 19.8 Å². The number of carbonyl (C=O) groups excluding carboxylic acids is 1. The van der Waals surface area contributed by atoms with Crippen molar-refractivity contribution in [3.05, 3.63) is 35.9 Å². The number of hydrogen-bond donors (Lipinski definition) is 5. The molecule has 0 saturated heterocycles. The highest BCUT2D eigenvalue weighted by Gasteiger charge is 2.23. The number of carboxylic acid groups (broad SMARTS) is 1. The van der Waals surface area contributed by atoms with Gasteiger partial charge in [0.2, 0.25) is 5.91 Å². The van der Waals surface area contributed by atoms with E-state index in [1.807, 2.05) is 6.07 Å². The van der Waals surface area contributed by atoms with Crippen LogP contribution >= 0.6 is 0 Å². The normalized spacial score (nSPS) is 12.9. The number of aliphatic hydroxyl groups is 1. The molecule has 1 aromatic carbocycles. The molecule has 0 aliphatic carbocycles. The summed E-state index contributed by atoms with van der Waals surface area (Å²) in [7, 11) is 0. The fourth-order valence-corrected chi connectivity index (χ4v) is 1.94. The van der Waals surface area contributed by atoms with Gasteiger partial charge in [0.15, 0.2) is 5.96 Å². The second kappa shape index (κ2) is 9.42. The highest BCUT2D eigenvalue weighted by molar-refractivity contribution is 5.86. The van der Waals surface area contributed by atoms with Crippen LogP contribution in [0.5, 0.6) is 0 Å². The predicted octanol–water partition coefficient (Wildman–Crippen LogP) is -0.787. The Kier molecular flexibility index (Phi) is 7.55. The van der Waals surface area contributed by atoms with Gasteiger partial charge in [-0.15, -0.1) is 0 Å². The van der Waals surface area contributed by atoms with Gasteiger partial charge in [0.05, 0.1) is 0 Å². The topological polar surface area (TPSA) is 151 Å². The number of amides is 1. The fourth-order valence-electron chi connectivity index (χ4n) is 1.94. The van der Waals surface area contributed by atoms with Crippen LogP contribution in [0.25, 0.3) is 0 Å². The van der Waals surface area contributed by atoms with Crippen molar-refractivity contribution in [3.63, 3.8) is 0 Å². The van der Waals surface area contributed by atoms with Gasteiger partial charge in [0.25, 0.3) is 0 Å². The van der Waals surface area contributed by atoms with Crippen molar-refractivity contribution in [1.29, 1.82) is 0 Å². The lowest BCUT2D eigenvalue weighted by Gasteiger charge is -2.17. The Balaban J connectivity index is 2.50. The number of benzene rings is 1. The molecule has 7 N–H and O–H groups in total. The summed E-state index contributed by atoms with van der Waals surface area (Å²) in [5, 5.41) is 21.3. The summed E-state index contributed by atoms with van der Waals surface area (Å²) in [4.78, 5) is 26.9. The Morgan fingerprint density at radius 1 is 1.22 bits per heavy atom. The van der Waals surface area contributed by atoms with E-state index in [2.05, 4.69) is 10.3 Å². The number of aliphatic imine (C=N–C) groups is 1. The number of aliphatic hydroxyl groups excluding tert-OH is 1. The second-order valence-corrected chi connectivity index (χ2v) is 5.05. The van der Waals surface area contributed by atoms with E-state index < -0.39 is 24.0 Å². The maximum Gasteiger partial charge on any atom is 0.326 e. The van der Waals surface area contributed by atoms with Gasteiger partial charge in [-0.1, -0.05) is 30.3 Å². The van der Waals surface area contributed by atoms with Crippen molar-refractivity contribution >= 4 is 17.8 Å². The average molecular weight is 322 g/mol. The van der Waals surface area contributed by atoms with Gasteiger partial charge in [-0.3, -0.25) is 9.79 Å². The zero-order valence-electron chi connectivity index (χ0n) is 12.7. The minimum atomic E-state index is -1.30. The summed E-state index contributed by atoms with van der Waals surface area (Å²) in [6, 6.07) is 7.83. The van der Waals surface area contributed by atoms with E-state index in [1.165, 1.54) is 0 Å². The molecule has 126 valence electrons. The Hall–Kier alpha value is -2.61. The van der Waals surface area contributed by atoms with Gasteiger partial charge in [-0.05, 0) is 18.4 Å². The van der Waals surface area contributed by atoms with Crippen LogP contribution < -0.4 is 16.8 Å². The molecule has 1 aromatic rings. The summed E-state index contributed by atoms with van der Waals surface area (Å²) >= 11 is 0. The molecule has 8 heteroatoms. The van der Waals surface area contributed by atoms with Crippen LogP contribution in [0.3, 0.4) is 0 Å². The van der Waals surface area contributed by atoms with Gasteiger partial charge in [-0.2, -0.15) is 0 Å². The van der Waals surface area contributed by atoms with Gasteiger partial charge in [0, 0.05) is 13.0 Å². The van der Waals surface area contributed by atoms with Crippen LogP contribution in [0.2, 0.25) is 0 Å². The fraction of sp³-hybridized carbons (Fsp3) is 0.400. The molecule has 1 rings (SSSR count). The summed E-state index contributed by atoms with van der Waals surface area (Å²) < 4.78 is 0. The third-order valence-corrected chi connectivity index (χ3v) is 3.13. The molecule has 0 aliphatic rings. The monoisotopic (exact) mass is 322 g/mol. The standard InChI is InChI=1S/C15H22N4O4/c16-15(17)18-8-4-7-12(20)13(21)19-11(14(22)23)9-10-5-2-1-3-6-10/h1-3,5-6,11-12,20H,4,7-9H2,(H,19,21)(H,22,23)(H4,16,17,18)/t11-,12+/m0/s1. The largest absolute Gasteiger partial charge is 0.480 e. The summed E-state index contributed by atoms with van der Waals surface area (Å²) in [5.74, 6) is -1.94. The molecular formula is C15H22N4O4. The number of carbonyl (C=O) groups is 2. The van der Waals surface area contributed by atoms with Crippen LogP contribution in [0, 0.1) is 0 Å². The van der Waals surface area contributed by atoms with Crippen molar-refractivity contribution < 1.29 is 19.8 Å². The third-order valence-electron chi connectivity index (χ3n) is 3.13. The van der Waals surface area contributed by atoms with Crippen molar-refractivity contribution in [1.82, 2.24) is 5.32 Å². The van der Waals surface area contributed by atoms with E-state index in [0.29, 0.717) is 13.0 Å². The first-order chi connectivity index (χ1) is 10.9. The minimum absolute atomic E-state index is 0.0576. The van der Waals surface area contributed by atoms with Crippen LogP contribution in [-0.4, -0.2) is 46.7 Å². The highest BCUT2D eigenvalue weighted by atomic mass is 16.4. The van der Waals surface area contributed by atoms with Crippen molar-refractivity contribution in [2.45, 2.75) is 31.4 Å². The molecule has 0 aromatic heterocycles. The first-order valence-corrected chi connectivity index (χ1v) is 7.20. The first kappa shape index (κ1) is 18.4. The zero-order chi connectivity index (χ0) is 17.2. The number of rotatable bonds is 9. The van der Waals surface area contributed by atoms with E-state index in [-0.39, 0.29) is 18.8 Å². The summed E-state index contributed by atoms with van der Waals surface area (Å²) in [5.41, 5.74) is 11.1. The first-order valence-electron chi connectivity index (χ1n) is 7.20. The van der Waals surface area contributed by atoms with Crippen molar-refractivity contribution in [2.75, 3.05) is 6.54 Å². The van der Waals surface area contributed by atoms with Crippen LogP contribution in [0.15, 0.2) is 35.3 Å². The summed E-state index contributed by atoms with van der Waals surface area (Å²) in [6.45, 7) is 0.291. The molecule has 0 saturated carbocycles. The molecule has 0 bridgehead atoms. The number of guanidine groups is 1. The quantitative estimate of drug-likeness (QED) is 0.228. The van der Waals surface area contributed by atoms with Crippen molar-refractivity contribution in [2.24, 2.45) is 16.5 Å². The van der Waals surface area contributed by atoms with Crippen LogP contribution in [0.1, 0.15) is 18.4 Å². The van der Waals surface area contributed by atoms with Crippen LogP contribution in [0.4, 0.5) is 0 Å². The van der Waals surface area contributed by atoms with Gasteiger partial charge in [-0.25, -0.2) is 4.79 Å². The van der Waals surface area contributed by atoms with E-state index >= 15 is 0 Å². The molecule has 23 heavy (non-hydrogen) atoms. The number of nitrogens with two attached hydrogens (primary N) is 2. The molecule has 0 radical (unpaired) electrons. The van der Waals surface area contributed by atoms with Gasteiger partial charge >= 0.3 is 5.97 Å². The third kappa shape index (κ3) is 7.28. The molecule has 0 unspecified atom stereocenters. The maximum absolute atomic E-state index is 11.9. The SMILES string of the molecule is NC(N)=NCCC[C@@H](O)C(=O)N[C@@H](Cc1ccccc1)C(=O)O. The Morgan fingerprint density at radius 2 is 1.87 bits per heavy atom. The number of hydrogen-bond acceptors (Lipinski definition) is 4. The summed E-state index contributed by atoms with van der Waals surface area (Å²) in [6.07, 6.45) is -0.618. The van der Waals surface area contributed by atoms with Crippen molar-refractivity contribution in [3.8, 4) is 0 Å². The number of nitrogens with zero attached hydrogens (tertiary/aromatic N) is 1. The van der Waals surface area contributed by atoms with E-state index in [0.717, 1.165) is 5.56 Å². The lowest BCUT2D eigenvalue weighted by atomic mass is 10.1. The van der Waals surface area contributed by atoms with Crippen LogP contribution in [-0.2, 0) is 16.0 Å². The molecule has 0 heterocycles. The number of nitrogens with one attached hydrogen (secondary N) is 1. The highest BCUT2D eigenvalue weighted by Crippen LogP contribution is 2.05. The Morgan fingerprint density at radius 3 is 2.43 bits per heavy atom. The number of carboxylic acids is 1. The van der Waals surface area contributed by atoms with Gasteiger partial charge < -0.3 is 27.0 Å². The lowest BCUT2D eigenvalue weighted by Crippen LogP contribution is -2.46. The second-order valence-electron chi connectivity index (χ2n) is 5.05. The molecule has 0 aliphatic heterocycles. The molecule has 8 nitrogen and oxygen atoms in total. The van der Waals surface area contributed by atoms with E-state index in [4.69, 9.17) is 11.5 Å². The zero-order valence-corrected chi connectivity index (χ0v) is 12.7. The Bertz CT molecular complexity index is 544. The minimum Gasteiger partial charge on any atom is -0.480 e. The average Bonchev–Trinajstić information content (AvgIpc) is 2.51. The molecule has 0 fully saturated rings. The maximum atomic E-state index is 11.9. The lowest BCUT2D eigenvalue weighted by molar-refractivity contribution is -0.143. The predicted molar refractivity (Wildman–Crippen MR) is 85.6 cm³/mol. The molecule has 1 amide bonds.